The van der Waals surface area contributed by atoms with E-state index in [0.717, 1.165) is 0 Å². The largest absolute Gasteiger partial charge is 0.463 e. The number of nitrogens with one attached hydrogen (secondary N) is 1. The first kappa shape index (κ1) is 17.5. The van der Waals surface area contributed by atoms with Crippen LogP contribution in [0, 0.1) is 11.3 Å². The second kappa shape index (κ2) is 7.14. The maximum atomic E-state index is 12.5. The van der Waals surface area contributed by atoms with E-state index >= 15 is 0 Å². The van der Waals surface area contributed by atoms with E-state index in [0.29, 0.717) is 33.7 Å². The third-order valence-electron chi connectivity index (χ3n) is 4.03. The molecule has 0 radical (unpaired) electrons. The van der Waals surface area contributed by atoms with Crippen LogP contribution in [0.25, 0.3) is 0 Å². The van der Waals surface area contributed by atoms with Crippen molar-refractivity contribution in [2.75, 3.05) is 6.61 Å². The highest BCUT2D eigenvalue weighted by Gasteiger charge is 2.36. The third-order valence-corrected chi connectivity index (χ3v) is 4.03. The molecule has 1 unspecified atom stereocenters. The van der Waals surface area contributed by atoms with Crippen molar-refractivity contribution in [3.05, 3.63) is 57.9 Å². The van der Waals surface area contributed by atoms with Gasteiger partial charge in [-0.3, -0.25) is 4.79 Å². The van der Waals surface area contributed by atoms with Gasteiger partial charge in [-0.15, -0.1) is 0 Å². The fourth-order valence-electron chi connectivity index (χ4n) is 3.10. The van der Waals surface area contributed by atoms with Gasteiger partial charge in [0.2, 0.25) is 0 Å². The van der Waals surface area contributed by atoms with Crippen molar-refractivity contribution in [3.63, 3.8) is 0 Å². The van der Waals surface area contributed by atoms with Crippen molar-refractivity contribution in [2.45, 2.75) is 33.6 Å². The Labute approximate surface area is 141 Å². The standard InChI is InChI=1S/C19H20N2O3/c1-5-24-19(23)17-12(3)21-11(2)16(13(4)22)18(17)15-9-7-6-8-14(15)10-20/h6-9,18,21H,5H2,1-4H3. The zero-order valence-corrected chi connectivity index (χ0v) is 14.3. The number of carbonyl (C=O) groups excluding carboxylic acids is 2. The highest BCUT2D eigenvalue weighted by atomic mass is 16.5. The Morgan fingerprint density at radius 3 is 2.42 bits per heavy atom. The summed E-state index contributed by atoms with van der Waals surface area (Å²) >= 11 is 0. The SMILES string of the molecule is CCOC(=O)C1=C(C)NC(C)=C(C(C)=O)C1c1ccccc1C#N. The molecule has 5 heteroatoms. The molecule has 0 fully saturated rings. The Morgan fingerprint density at radius 2 is 1.83 bits per heavy atom. The number of hydrogen-bond acceptors (Lipinski definition) is 5. The highest BCUT2D eigenvalue weighted by Crippen LogP contribution is 2.40. The lowest BCUT2D eigenvalue weighted by atomic mass is 9.77. The first-order valence-corrected chi connectivity index (χ1v) is 7.78. The summed E-state index contributed by atoms with van der Waals surface area (Å²) in [5.41, 5.74) is 3.24. The maximum absolute atomic E-state index is 12.5. The summed E-state index contributed by atoms with van der Waals surface area (Å²) in [6.07, 6.45) is 0. The molecule has 1 aliphatic rings. The third kappa shape index (κ3) is 3.09. The van der Waals surface area contributed by atoms with Gasteiger partial charge in [0.25, 0.3) is 0 Å². The number of Topliss-reactive ketones (excluding diaryl/α,β-unsaturated/α-hetero) is 1. The first-order valence-electron chi connectivity index (χ1n) is 7.78. The Hall–Kier alpha value is -2.87. The van der Waals surface area contributed by atoms with E-state index in [2.05, 4.69) is 11.4 Å². The minimum absolute atomic E-state index is 0.146. The molecule has 1 heterocycles. The number of carbonyl (C=O) groups is 2. The molecule has 1 aliphatic heterocycles. The number of nitrogens with zero attached hydrogens (tertiary/aromatic N) is 1. The minimum atomic E-state index is -0.612. The number of allylic oxidation sites excluding steroid dienone is 3. The molecule has 1 atom stereocenters. The van der Waals surface area contributed by atoms with E-state index in [-0.39, 0.29) is 12.4 Å². The fraction of sp³-hybridized carbons (Fsp3) is 0.316. The molecule has 5 nitrogen and oxygen atoms in total. The number of hydrogen-bond donors (Lipinski definition) is 1. The molecular formula is C19H20N2O3. The number of benzene rings is 1. The molecule has 0 amide bonds. The quantitative estimate of drug-likeness (QED) is 0.861. The van der Waals surface area contributed by atoms with E-state index in [9.17, 15) is 14.9 Å². The van der Waals surface area contributed by atoms with Crippen molar-refractivity contribution < 1.29 is 14.3 Å². The van der Waals surface area contributed by atoms with E-state index in [1.807, 2.05) is 0 Å². The van der Waals surface area contributed by atoms with Gasteiger partial charge in [-0.1, -0.05) is 18.2 Å². The van der Waals surface area contributed by atoms with Crippen molar-refractivity contribution >= 4 is 11.8 Å². The van der Waals surface area contributed by atoms with Gasteiger partial charge in [-0.25, -0.2) is 4.79 Å². The summed E-state index contributed by atoms with van der Waals surface area (Å²) < 4.78 is 5.19. The van der Waals surface area contributed by atoms with E-state index < -0.39 is 11.9 Å². The van der Waals surface area contributed by atoms with Crippen LogP contribution in [-0.2, 0) is 14.3 Å². The molecule has 1 aromatic carbocycles. The van der Waals surface area contributed by atoms with Gasteiger partial charge in [0.1, 0.15) is 0 Å². The van der Waals surface area contributed by atoms with Crippen molar-refractivity contribution in [2.24, 2.45) is 0 Å². The second-order valence-corrected chi connectivity index (χ2v) is 5.61. The zero-order valence-electron chi connectivity index (χ0n) is 14.3. The van der Waals surface area contributed by atoms with Crippen LogP contribution in [0.5, 0.6) is 0 Å². The Bertz CT molecular complexity index is 797. The number of ketones is 1. The number of nitriles is 1. The predicted molar refractivity (Wildman–Crippen MR) is 89.7 cm³/mol. The van der Waals surface area contributed by atoms with Gasteiger partial charge >= 0.3 is 5.97 Å². The average molecular weight is 324 g/mol. The topological polar surface area (TPSA) is 79.2 Å². The van der Waals surface area contributed by atoms with Crippen LogP contribution in [0.15, 0.2) is 46.8 Å². The van der Waals surface area contributed by atoms with E-state index in [4.69, 9.17) is 4.74 Å². The maximum Gasteiger partial charge on any atom is 0.336 e. The van der Waals surface area contributed by atoms with Gasteiger partial charge in [0.15, 0.2) is 5.78 Å². The van der Waals surface area contributed by atoms with Crippen LogP contribution >= 0.6 is 0 Å². The van der Waals surface area contributed by atoms with Crippen LogP contribution in [0.4, 0.5) is 0 Å². The lowest BCUT2D eigenvalue weighted by molar-refractivity contribution is -0.138. The zero-order chi connectivity index (χ0) is 17.9. The Kier molecular flexibility index (Phi) is 5.20. The van der Waals surface area contributed by atoms with Crippen LogP contribution < -0.4 is 5.32 Å². The number of ether oxygens (including phenoxy) is 1. The van der Waals surface area contributed by atoms with Gasteiger partial charge in [0.05, 0.1) is 23.8 Å². The van der Waals surface area contributed by atoms with Crippen LogP contribution in [0.2, 0.25) is 0 Å². The van der Waals surface area contributed by atoms with Gasteiger partial charge in [0, 0.05) is 22.9 Å². The molecule has 0 spiro atoms. The summed E-state index contributed by atoms with van der Waals surface area (Å²) in [5, 5.41) is 12.5. The Morgan fingerprint density at radius 1 is 1.21 bits per heavy atom. The molecule has 0 bridgehead atoms. The molecular weight excluding hydrogens is 304 g/mol. The molecule has 0 aromatic heterocycles. The van der Waals surface area contributed by atoms with Crippen LogP contribution in [-0.4, -0.2) is 18.4 Å². The summed E-state index contributed by atoms with van der Waals surface area (Å²) in [4.78, 5) is 24.8. The predicted octanol–water partition coefficient (Wildman–Crippen LogP) is 2.95. The molecule has 2 rings (SSSR count). The van der Waals surface area contributed by atoms with Crippen molar-refractivity contribution in [1.29, 1.82) is 5.26 Å². The van der Waals surface area contributed by atoms with Crippen molar-refractivity contribution in [3.8, 4) is 6.07 Å². The molecule has 24 heavy (non-hydrogen) atoms. The van der Waals surface area contributed by atoms with Gasteiger partial charge < -0.3 is 10.1 Å². The smallest absolute Gasteiger partial charge is 0.336 e. The van der Waals surface area contributed by atoms with Crippen LogP contribution in [0.3, 0.4) is 0 Å². The Balaban J connectivity index is 2.74. The summed E-state index contributed by atoms with van der Waals surface area (Å²) in [6, 6.07) is 9.16. The first-order chi connectivity index (χ1) is 11.4. The normalized spacial score (nSPS) is 17.2. The van der Waals surface area contributed by atoms with Gasteiger partial charge in [-0.05, 0) is 39.3 Å². The number of dihydropyridines is 1. The summed E-state index contributed by atoms with van der Waals surface area (Å²) in [5.74, 6) is -1.24. The van der Waals surface area contributed by atoms with E-state index in [1.54, 1.807) is 45.0 Å². The molecule has 1 aromatic rings. The molecule has 0 aliphatic carbocycles. The van der Waals surface area contributed by atoms with Crippen molar-refractivity contribution in [1.82, 2.24) is 5.32 Å². The second-order valence-electron chi connectivity index (χ2n) is 5.61. The minimum Gasteiger partial charge on any atom is -0.463 e. The number of esters is 1. The fourth-order valence-corrected chi connectivity index (χ4v) is 3.10. The monoisotopic (exact) mass is 324 g/mol. The average Bonchev–Trinajstić information content (AvgIpc) is 2.53. The van der Waals surface area contributed by atoms with Crippen LogP contribution in [0.1, 0.15) is 44.7 Å². The summed E-state index contributed by atoms with van der Waals surface area (Å²) in [6.45, 7) is 7.00. The lowest BCUT2D eigenvalue weighted by Crippen LogP contribution is -2.31. The molecule has 1 N–H and O–H groups in total. The number of rotatable bonds is 4. The molecule has 0 saturated carbocycles. The summed E-state index contributed by atoms with van der Waals surface area (Å²) in [7, 11) is 0. The van der Waals surface area contributed by atoms with E-state index in [1.165, 1.54) is 6.92 Å². The molecule has 124 valence electrons. The highest BCUT2D eigenvalue weighted by molar-refractivity contribution is 6.02. The van der Waals surface area contributed by atoms with Gasteiger partial charge in [-0.2, -0.15) is 5.26 Å². The lowest BCUT2D eigenvalue weighted by Gasteiger charge is -2.30. The molecule has 0 saturated heterocycles.